The van der Waals surface area contributed by atoms with Gasteiger partial charge >= 0.3 is 0 Å². The number of aryl methyl sites for hydroxylation is 1. The molecule has 0 atom stereocenters. The topological polar surface area (TPSA) is 59.3 Å². The van der Waals surface area contributed by atoms with Gasteiger partial charge in [0.1, 0.15) is 5.02 Å². The van der Waals surface area contributed by atoms with E-state index < -0.39 is 4.92 Å². The second kappa shape index (κ2) is 6.65. The Morgan fingerprint density at radius 1 is 1.29 bits per heavy atom. The van der Waals surface area contributed by atoms with Crippen molar-refractivity contribution in [2.24, 2.45) is 0 Å². The molecule has 0 amide bonds. The van der Waals surface area contributed by atoms with Crippen molar-refractivity contribution >= 4 is 17.3 Å². The normalized spacial score (nSPS) is 10.9. The molecule has 0 aliphatic rings. The van der Waals surface area contributed by atoms with Crippen LogP contribution in [0.3, 0.4) is 0 Å². The lowest BCUT2D eigenvalue weighted by Gasteiger charge is -2.16. The van der Waals surface area contributed by atoms with Crippen molar-refractivity contribution in [2.45, 2.75) is 20.0 Å². The standard InChI is InChI=1S/C15H16ClN3O2/c1-11-4-3-5-13(17-11)10-18(2)9-12-6-7-14(16)15(8-12)19(20)21/h3-8H,9-10H2,1-2H3. The Kier molecular flexibility index (Phi) is 4.88. The number of rotatable bonds is 5. The van der Waals surface area contributed by atoms with E-state index in [0.29, 0.717) is 13.1 Å². The highest BCUT2D eigenvalue weighted by Crippen LogP contribution is 2.25. The van der Waals surface area contributed by atoms with Crippen LogP contribution in [0.5, 0.6) is 0 Å². The van der Waals surface area contributed by atoms with Gasteiger partial charge < -0.3 is 0 Å². The van der Waals surface area contributed by atoms with Gasteiger partial charge in [0.15, 0.2) is 0 Å². The summed E-state index contributed by atoms with van der Waals surface area (Å²) in [5, 5.41) is 11.0. The molecule has 0 aliphatic carbocycles. The first-order chi connectivity index (χ1) is 9.95. The number of nitro groups is 1. The van der Waals surface area contributed by atoms with Crippen molar-refractivity contribution in [1.82, 2.24) is 9.88 Å². The van der Waals surface area contributed by atoms with Crippen LogP contribution in [0.2, 0.25) is 5.02 Å². The summed E-state index contributed by atoms with van der Waals surface area (Å²) in [6, 6.07) is 10.8. The van der Waals surface area contributed by atoms with Crippen molar-refractivity contribution in [2.75, 3.05) is 7.05 Å². The molecule has 1 heterocycles. The SMILES string of the molecule is Cc1cccc(CN(C)Cc2ccc(Cl)c([N+](=O)[O-])c2)n1. The second-order valence-electron chi connectivity index (χ2n) is 4.99. The van der Waals surface area contributed by atoms with Crippen LogP contribution in [-0.4, -0.2) is 21.9 Å². The van der Waals surface area contributed by atoms with Gasteiger partial charge in [0.25, 0.3) is 5.69 Å². The Morgan fingerprint density at radius 2 is 2.05 bits per heavy atom. The second-order valence-corrected chi connectivity index (χ2v) is 5.39. The first kappa shape index (κ1) is 15.4. The van der Waals surface area contributed by atoms with Crippen LogP contribution < -0.4 is 0 Å². The molecule has 21 heavy (non-hydrogen) atoms. The fourth-order valence-corrected chi connectivity index (χ4v) is 2.31. The predicted molar refractivity (Wildman–Crippen MR) is 82.3 cm³/mol. The van der Waals surface area contributed by atoms with E-state index in [2.05, 4.69) is 9.88 Å². The molecular weight excluding hydrogens is 290 g/mol. The molecule has 1 aromatic heterocycles. The number of pyridine rings is 1. The summed E-state index contributed by atoms with van der Waals surface area (Å²) in [6.07, 6.45) is 0. The lowest BCUT2D eigenvalue weighted by atomic mass is 10.2. The molecule has 0 spiro atoms. The number of halogens is 1. The van der Waals surface area contributed by atoms with Gasteiger partial charge in [-0.05, 0) is 37.7 Å². The van der Waals surface area contributed by atoms with E-state index in [0.717, 1.165) is 17.0 Å². The van der Waals surface area contributed by atoms with Crippen LogP contribution in [0.1, 0.15) is 17.0 Å². The highest BCUT2D eigenvalue weighted by molar-refractivity contribution is 6.32. The Bertz CT molecular complexity index is 661. The quantitative estimate of drug-likeness (QED) is 0.626. The molecule has 2 aromatic rings. The minimum atomic E-state index is -0.464. The van der Waals surface area contributed by atoms with E-state index in [1.807, 2.05) is 32.2 Å². The summed E-state index contributed by atoms with van der Waals surface area (Å²) < 4.78 is 0. The van der Waals surface area contributed by atoms with Gasteiger partial charge in [0, 0.05) is 24.8 Å². The molecule has 0 bridgehead atoms. The molecule has 110 valence electrons. The highest BCUT2D eigenvalue weighted by atomic mass is 35.5. The van der Waals surface area contributed by atoms with Gasteiger partial charge in [0.05, 0.1) is 10.6 Å². The predicted octanol–water partition coefficient (Wildman–Crippen LogP) is 3.58. The molecule has 0 saturated heterocycles. The number of benzene rings is 1. The molecule has 0 N–H and O–H groups in total. The third-order valence-corrected chi connectivity index (χ3v) is 3.36. The van der Waals surface area contributed by atoms with E-state index in [1.165, 1.54) is 6.07 Å². The van der Waals surface area contributed by atoms with Gasteiger partial charge in [0.2, 0.25) is 0 Å². The smallest absolute Gasteiger partial charge is 0.288 e. The summed E-state index contributed by atoms with van der Waals surface area (Å²) in [5.74, 6) is 0. The maximum absolute atomic E-state index is 10.9. The first-order valence-corrected chi connectivity index (χ1v) is 6.87. The number of hydrogen-bond acceptors (Lipinski definition) is 4. The van der Waals surface area contributed by atoms with Gasteiger partial charge in [-0.1, -0.05) is 23.7 Å². The Balaban J connectivity index is 2.07. The van der Waals surface area contributed by atoms with E-state index in [-0.39, 0.29) is 10.7 Å². The lowest BCUT2D eigenvalue weighted by molar-refractivity contribution is -0.384. The number of aromatic nitrogens is 1. The van der Waals surface area contributed by atoms with Crippen LogP contribution in [-0.2, 0) is 13.1 Å². The van der Waals surface area contributed by atoms with Crippen LogP contribution in [0.25, 0.3) is 0 Å². The molecule has 0 fully saturated rings. The van der Waals surface area contributed by atoms with Gasteiger partial charge in [-0.15, -0.1) is 0 Å². The zero-order valence-electron chi connectivity index (χ0n) is 11.9. The van der Waals surface area contributed by atoms with Crippen LogP contribution in [0.15, 0.2) is 36.4 Å². The van der Waals surface area contributed by atoms with Gasteiger partial charge in [-0.3, -0.25) is 20.0 Å². The number of nitrogens with zero attached hydrogens (tertiary/aromatic N) is 3. The van der Waals surface area contributed by atoms with Crippen molar-refractivity contribution in [3.63, 3.8) is 0 Å². The number of nitro benzene ring substituents is 1. The maximum atomic E-state index is 10.9. The zero-order valence-corrected chi connectivity index (χ0v) is 12.7. The molecule has 6 heteroatoms. The van der Waals surface area contributed by atoms with E-state index in [1.54, 1.807) is 12.1 Å². The Hall–Kier alpha value is -1.98. The fourth-order valence-electron chi connectivity index (χ4n) is 2.13. The third kappa shape index (κ3) is 4.24. The van der Waals surface area contributed by atoms with Crippen molar-refractivity contribution in [3.8, 4) is 0 Å². The lowest BCUT2D eigenvalue weighted by Crippen LogP contribution is -2.18. The minimum Gasteiger partial charge on any atom is -0.296 e. The Labute approximate surface area is 128 Å². The van der Waals surface area contributed by atoms with E-state index in [4.69, 9.17) is 11.6 Å². The summed E-state index contributed by atoms with van der Waals surface area (Å²) in [6.45, 7) is 3.22. The molecule has 0 aliphatic heterocycles. The zero-order chi connectivity index (χ0) is 15.4. The van der Waals surface area contributed by atoms with Gasteiger partial charge in [-0.25, -0.2) is 0 Å². The largest absolute Gasteiger partial charge is 0.296 e. The van der Waals surface area contributed by atoms with Gasteiger partial charge in [-0.2, -0.15) is 0 Å². The highest BCUT2D eigenvalue weighted by Gasteiger charge is 2.13. The summed E-state index contributed by atoms with van der Waals surface area (Å²) in [7, 11) is 1.95. The monoisotopic (exact) mass is 305 g/mol. The first-order valence-electron chi connectivity index (χ1n) is 6.49. The van der Waals surface area contributed by atoms with E-state index in [9.17, 15) is 10.1 Å². The average molecular weight is 306 g/mol. The summed E-state index contributed by atoms with van der Waals surface area (Å²) in [5.41, 5.74) is 2.74. The molecule has 1 aromatic carbocycles. The van der Waals surface area contributed by atoms with Crippen LogP contribution in [0, 0.1) is 17.0 Å². The summed E-state index contributed by atoms with van der Waals surface area (Å²) in [4.78, 5) is 16.9. The minimum absolute atomic E-state index is 0.0590. The van der Waals surface area contributed by atoms with Crippen LogP contribution >= 0.6 is 11.6 Å². The number of hydrogen-bond donors (Lipinski definition) is 0. The fraction of sp³-hybridized carbons (Fsp3) is 0.267. The van der Waals surface area contributed by atoms with E-state index >= 15 is 0 Å². The molecule has 0 unspecified atom stereocenters. The molecule has 2 rings (SSSR count). The van der Waals surface area contributed by atoms with Crippen molar-refractivity contribution in [1.29, 1.82) is 0 Å². The Morgan fingerprint density at radius 3 is 2.71 bits per heavy atom. The maximum Gasteiger partial charge on any atom is 0.288 e. The van der Waals surface area contributed by atoms with Crippen molar-refractivity contribution < 1.29 is 4.92 Å². The van der Waals surface area contributed by atoms with Crippen molar-refractivity contribution in [3.05, 3.63) is 68.5 Å². The molecular formula is C15H16ClN3O2. The third-order valence-electron chi connectivity index (χ3n) is 3.04. The molecule has 0 radical (unpaired) electrons. The molecule has 0 saturated carbocycles. The van der Waals surface area contributed by atoms with Crippen LogP contribution in [0.4, 0.5) is 5.69 Å². The summed E-state index contributed by atoms with van der Waals surface area (Å²) >= 11 is 5.81. The molecule has 5 nitrogen and oxygen atoms in total. The average Bonchev–Trinajstić information content (AvgIpc) is 2.40.